The summed E-state index contributed by atoms with van der Waals surface area (Å²) in [4.78, 5) is 16.5. The number of nitrogens with zero attached hydrogens (tertiary/aromatic N) is 1. The molecule has 2 heterocycles. The molecule has 3 aliphatic rings. The number of aryl methyl sites for hydroxylation is 1. The average molecular weight is 588 g/mol. The number of nitrogens with one attached hydrogen (secondary N) is 2. The predicted molar refractivity (Wildman–Crippen MR) is 158 cm³/mol. The summed E-state index contributed by atoms with van der Waals surface area (Å²) in [5, 5.41) is 7.51. The third-order valence-electron chi connectivity index (χ3n) is 9.36. The van der Waals surface area contributed by atoms with E-state index in [2.05, 4.69) is 35.5 Å². The molecule has 1 aliphatic carbocycles. The van der Waals surface area contributed by atoms with Gasteiger partial charge in [0.2, 0.25) is 5.91 Å². The molecular weight excluding hydrogens is 547 g/mol. The van der Waals surface area contributed by atoms with Gasteiger partial charge in [0.05, 0.1) is 17.0 Å². The van der Waals surface area contributed by atoms with E-state index >= 15 is 0 Å². The van der Waals surface area contributed by atoms with Crippen LogP contribution in [-0.2, 0) is 22.8 Å². The number of allylic oxidation sites excluding steroid dienone is 1. The topological polar surface area (TPSA) is 44.4 Å². The highest BCUT2D eigenvalue weighted by atomic mass is 35.5. The van der Waals surface area contributed by atoms with Crippen molar-refractivity contribution in [1.82, 2.24) is 15.5 Å². The van der Waals surface area contributed by atoms with E-state index in [0.29, 0.717) is 16.0 Å². The fraction of sp³-hybridized carbons (Fsp3) is 0.545. The first-order valence-corrected chi connectivity index (χ1v) is 15.4. The van der Waals surface area contributed by atoms with Gasteiger partial charge in [0.25, 0.3) is 0 Å². The Labute approximate surface area is 246 Å². The first-order chi connectivity index (χ1) is 19.6. The molecule has 8 heteroatoms. The molecule has 2 N–H and O–H groups in total. The Morgan fingerprint density at radius 3 is 2.34 bits per heavy atom. The fourth-order valence-corrected chi connectivity index (χ4v) is 7.01. The molecule has 0 radical (unpaired) electrons. The van der Waals surface area contributed by atoms with E-state index in [0.717, 1.165) is 100 Å². The first-order valence-electron chi connectivity index (χ1n) is 15.0. The van der Waals surface area contributed by atoms with Crippen LogP contribution in [0.2, 0.25) is 5.02 Å². The number of hydrogen-bond acceptors (Lipinski definition) is 3. The van der Waals surface area contributed by atoms with Gasteiger partial charge in [-0.3, -0.25) is 4.79 Å². The molecule has 0 unspecified atom stereocenters. The molecular formula is C33H41ClF3N3O. The lowest BCUT2D eigenvalue weighted by atomic mass is 9.77. The lowest BCUT2D eigenvalue weighted by Crippen LogP contribution is -2.45. The maximum atomic E-state index is 14.2. The van der Waals surface area contributed by atoms with E-state index in [1.165, 1.54) is 18.6 Å². The zero-order valence-corrected chi connectivity index (χ0v) is 24.8. The van der Waals surface area contributed by atoms with Crippen molar-refractivity contribution in [3.8, 4) is 0 Å². The summed E-state index contributed by atoms with van der Waals surface area (Å²) < 4.78 is 40.3. The molecule has 1 atom stereocenters. The quantitative estimate of drug-likeness (QED) is 0.318. The molecule has 4 nitrogen and oxygen atoms in total. The van der Waals surface area contributed by atoms with Crippen LogP contribution in [0.5, 0.6) is 0 Å². The van der Waals surface area contributed by atoms with Crippen LogP contribution in [0.4, 0.5) is 13.2 Å². The highest BCUT2D eigenvalue weighted by Gasteiger charge is 2.53. The van der Waals surface area contributed by atoms with E-state index in [1.54, 1.807) is 0 Å². The predicted octanol–water partition coefficient (Wildman–Crippen LogP) is 7.57. The van der Waals surface area contributed by atoms with E-state index in [4.69, 9.17) is 11.6 Å². The molecule has 1 spiro atoms. The zero-order valence-electron chi connectivity index (χ0n) is 24.0. The summed E-state index contributed by atoms with van der Waals surface area (Å²) in [7, 11) is 0. The van der Waals surface area contributed by atoms with E-state index in [1.807, 2.05) is 18.2 Å². The Kier molecular flexibility index (Phi) is 8.77. The molecule has 1 amide bonds. The van der Waals surface area contributed by atoms with Crippen molar-refractivity contribution in [2.75, 3.05) is 26.2 Å². The molecule has 41 heavy (non-hydrogen) atoms. The molecule has 2 aliphatic heterocycles. The lowest BCUT2D eigenvalue weighted by molar-refractivity contribution is -0.137. The summed E-state index contributed by atoms with van der Waals surface area (Å²) in [6.07, 6.45) is 5.02. The number of piperidine rings is 1. The third-order valence-corrected chi connectivity index (χ3v) is 9.60. The standard InChI is InChI=1S/C33H41ClF3N3O/c1-3-5-24-21-26(34)11-12-27(24)32(13-14-32)30(41)39-29(23-7-9-25(10-8-23)33(35,36)37)28(6-4-2)40-19-16-31(17-20-40)15-18-38-22-31/h6-12,21,29,38H,3-5,13-20,22H2,1-2H3,(H,39,41)/t29-/m0/s1. The summed E-state index contributed by atoms with van der Waals surface area (Å²) in [5.74, 6) is -0.0717. The van der Waals surface area contributed by atoms with Crippen LogP contribution in [-0.4, -0.2) is 37.0 Å². The van der Waals surface area contributed by atoms with Crippen LogP contribution in [0.15, 0.2) is 54.2 Å². The number of carbonyl (C=O) groups excluding carboxylic acids is 1. The van der Waals surface area contributed by atoms with Gasteiger partial charge < -0.3 is 15.5 Å². The molecule has 2 aromatic rings. The minimum Gasteiger partial charge on any atom is -0.373 e. The van der Waals surface area contributed by atoms with Crippen LogP contribution in [0.25, 0.3) is 0 Å². The largest absolute Gasteiger partial charge is 0.416 e. The maximum Gasteiger partial charge on any atom is 0.416 e. The number of benzene rings is 2. The summed E-state index contributed by atoms with van der Waals surface area (Å²) in [6.45, 7) is 7.99. The second kappa shape index (κ2) is 12.0. The van der Waals surface area contributed by atoms with Gasteiger partial charge in [-0.15, -0.1) is 0 Å². The number of likely N-dealkylation sites (tertiary alicyclic amines) is 1. The van der Waals surface area contributed by atoms with Crippen LogP contribution in [0.3, 0.4) is 0 Å². The highest BCUT2D eigenvalue weighted by molar-refractivity contribution is 6.30. The van der Waals surface area contributed by atoms with Gasteiger partial charge in [0, 0.05) is 30.4 Å². The normalized spacial score (nSPS) is 20.7. The molecule has 2 aromatic carbocycles. The Bertz CT molecular complexity index is 1250. The van der Waals surface area contributed by atoms with Crippen molar-refractivity contribution >= 4 is 17.5 Å². The number of hydrogen-bond donors (Lipinski definition) is 2. The summed E-state index contributed by atoms with van der Waals surface area (Å²) >= 11 is 6.32. The van der Waals surface area contributed by atoms with E-state index in [9.17, 15) is 18.0 Å². The number of amides is 1. The SMILES string of the molecule is CCC=C([C@@H](NC(=O)C1(c2ccc(Cl)cc2CCC)CC1)c1ccc(C(F)(F)F)cc1)N1CCC2(CCNC2)CC1. The van der Waals surface area contributed by atoms with Crippen molar-refractivity contribution in [1.29, 1.82) is 0 Å². The maximum absolute atomic E-state index is 14.2. The molecule has 2 saturated heterocycles. The summed E-state index contributed by atoms with van der Waals surface area (Å²) in [6, 6.07) is 10.5. The number of rotatable bonds is 9. The van der Waals surface area contributed by atoms with Crippen molar-refractivity contribution in [2.45, 2.75) is 82.8 Å². The molecule has 0 bridgehead atoms. The molecule has 1 saturated carbocycles. The van der Waals surface area contributed by atoms with Gasteiger partial charge in [0.15, 0.2) is 0 Å². The average Bonchev–Trinajstić information content (AvgIpc) is 3.64. The second-order valence-electron chi connectivity index (χ2n) is 12.1. The van der Waals surface area contributed by atoms with Gasteiger partial charge in [0.1, 0.15) is 0 Å². The third kappa shape index (κ3) is 6.31. The Morgan fingerprint density at radius 1 is 1.07 bits per heavy atom. The molecule has 3 fully saturated rings. The molecule has 5 rings (SSSR count). The van der Waals surface area contributed by atoms with Crippen LogP contribution in [0.1, 0.15) is 87.1 Å². The van der Waals surface area contributed by atoms with Crippen molar-refractivity contribution < 1.29 is 18.0 Å². The Hall–Kier alpha value is -2.51. The first kappa shape index (κ1) is 30.0. The van der Waals surface area contributed by atoms with Gasteiger partial charge in [-0.05, 0) is 97.9 Å². The highest BCUT2D eigenvalue weighted by Crippen LogP contribution is 2.51. The smallest absolute Gasteiger partial charge is 0.373 e. The minimum atomic E-state index is -4.42. The molecule has 0 aromatic heterocycles. The van der Waals surface area contributed by atoms with Crippen molar-refractivity contribution in [3.05, 3.63) is 81.5 Å². The number of halogens is 4. The Balaban J connectivity index is 1.47. The fourth-order valence-electron chi connectivity index (χ4n) is 6.81. The van der Waals surface area contributed by atoms with Gasteiger partial charge in [-0.1, -0.05) is 56.1 Å². The number of alkyl halides is 3. The summed E-state index contributed by atoms with van der Waals surface area (Å²) in [5.41, 5.74) is 2.74. The molecule has 222 valence electrons. The van der Waals surface area contributed by atoms with Crippen LogP contribution < -0.4 is 10.6 Å². The van der Waals surface area contributed by atoms with Gasteiger partial charge in [-0.2, -0.15) is 13.2 Å². The van der Waals surface area contributed by atoms with Crippen LogP contribution in [0, 0.1) is 5.41 Å². The Morgan fingerprint density at radius 2 is 1.78 bits per heavy atom. The van der Waals surface area contributed by atoms with Crippen molar-refractivity contribution in [2.24, 2.45) is 5.41 Å². The van der Waals surface area contributed by atoms with E-state index < -0.39 is 23.2 Å². The van der Waals surface area contributed by atoms with Gasteiger partial charge >= 0.3 is 6.18 Å². The van der Waals surface area contributed by atoms with Gasteiger partial charge in [-0.25, -0.2) is 0 Å². The second-order valence-corrected chi connectivity index (χ2v) is 12.5. The monoisotopic (exact) mass is 587 g/mol. The van der Waals surface area contributed by atoms with E-state index in [-0.39, 0.29) is 5.91 Å². The minimum absolute atomic E-state index is 0.0717. The van der Waals surface area contributed by atoms with Crippen LogP contribution >= 0.6 is 11.6 Å². The number of carbonyl (C=O) groups is 1. The lowest BCUT2D eigenvalue weighted by Gasteiger charge is -2.43. The van der Waals surface area contributed by atoms with Crippen molar-refractivity contribution in [3.63, 3.8) is 0 Å². The zero-order chi connectivity index (χ0) is 29.3.